The first-order valence-electron chi connectivity index (χ1n) is 8.33. The molecule has 1 aromatic carbocycles. The fraction of sp³-hybridized carbons (Fsp3) is 0.611. The first kappa shape index (κ1) is 17.9. The number of nitrogens with zero attached hydrogens (tertiary/aromatic N) is 1. The van der Waals surface area contributed by atoms with E-state index >= 15 is 0 Å². The summed E-state index contributed by atoms with van der Waals surface area (Å²) in [5, 5.41) is 12.4. The quantitative estimate of drug-likeness (QED) is 0.844. The highest BCUT2D eigenvalue weighted by Gasteiger charge is 2.32. The number of benzene rings is 1. The van der Waals surface area contributed by atoms with Gasteiger partial charge in [-0.2, -0.15) is 0 Å². The molecule has 23 heavy (non-hydrogen) atoms. The molecule has 1 aliphatic rings. The smallest absolute Gasteiger partial charge is 0.234 e. The number of carbonyl (C=O) groups excluding carboxylic acids is 1. The molecule has 0 unspecified atom stereocenters. The van der Waals surface area contributed by atoms with Gasteiger partial charge in [0.05, 0.1) is 6.54 Å². The minimum absolute atomic E-state index is 0.0341. The molecule has 1 saturated heterocycles. The average molecular weight is 322 g/mol. The first-order valence-corrected chi connectivity index (χ1v) is 8.33. The lowest BCUT2D eigenvalue weighted by atomic mass is 9.77. The van der Waals surface area contributed by atoms with Crippen LogP contribution in [-0.2, 0) is 11.3 Å². The number of carbonyl (C=O) groups is 1. The highest BCUT2D eigenvalue weighted by Crippen LogP contribution is 2.33. The van der Waals surface area contributed by atoms with Gasteiger partial charge >= 0.3 is 0 Å². The number of piperidine rings is 1. The Balaban J connectivity index is 1.76. The second-order valence-corrected chi connectivity index (χ2v) is 6.65. The van der Waals surface area contributed by atoms with Gasteiger partial charge in [-0.15, -0.1) is 0 Å². The van der Waals surface area contributed by atoms with Crippen LogP contribution in [0.1, 0.15) is 37.3 Å². The summed E-state index contributed by atoms with van der Waals surface area (Å²) in [7, 11) is 0. The van der Waals surface area contributed by atoms with Crippen LogP contribution in [0, 0.1) is 18.2 Å². The lowest BCUT2D eigenvalue weighted by Crippen LogP contribution is -2.45. The van der Waals surface area contributed by atoms with E-state index in [9.17, 15) is 14.3 Å². The predicted octanol–water partition coefficient (Wildman–Crippen LogP) is 2.23. The van der Waals surface area contributed by atoms with Gasteiger partial charge in [0.1, 0.15) is 5.82 Å². The molecule has 1 aromatic rings. The number of amides is 1. The maximum Gasteiger partial charge on any atom is 0.234 e. The molecule has 0 aliphatic carbocycles. The van der Waals surface area contributed by atoms with E-state index in [0.29, 0.717) is 18.7 Å². The molecule has 0 saturated carbocycles. The number of rotatable bonds is 6. The number of likely N-dealkylation sites (tertiary alicyclic amines) is 1. The molecule has 1 aliphatic heterocycles. The molecule has 1 amide bonds. The predicted molar refractivity (Wildman–Crippen MR) is 88.5 cm³/mol. The maximum atomic E-state index is 13.5. The van der Waals surface area contributed by atoms with Gasteiger partial charge in [-0.1, -0.05) is 19.1 Å². The van der Waals surface area contributed by atoms with E-state index in [0.717, 1.165) is 37.9 Å². The molecule has 2 rings (SSSR count). The van der Waals surface area contributed by atoms with Crippen molar-refractivity contribution in [2.45, 2.75) is 39.7 Å². The number of hydrogen-bond acceptors (Lipinski definition) is 3. The van der Waals surface area contributed by atoms with Crippen LogP contribution in [0.15, 0.2) is 18.2 Å². The molecule has 0 aromatic heterocycles. The van der Waals surface area contributed by atoms with Gasteiger partial charge in [0.2, 0.25) is 5.91 Å². The third-order valence-corrected chi connectivity index (χ3v) is 5.10. The Morgan fingerprint density at radius 2 is 2.09 bits per heavy atom. The van der Waals surface area contributed by atoms with Gasteiger partial charge in [-0.3, -0.25) is 9.69 Å². The summed E-state index contributed by atoms with van der Waals surface area (Å²) in [5.41, 5.74) is 1.41. The Bertz CT molecular complexity index is 534. The Morgan fingerprint density at radius 3 is 2.65 bits per heavy atom. The van der Waals surface area contributed by atoms with E-state index in [1.165, 1.54) is 6.07 Å². The summed E-state index contributed by atoms with van der Waals surface area (Å²) in [4.78, 5) is 14.2. The fourth-order valence-corrected chi connectivity index (χ4v) is 3.01. The summed E-state index contributed by atoms with van der Waals surface area (Å²) in [6.07, 6.45) is 2.83. The maximum absolute atomic E-state index is 13.5. The average Bonchev–Trinajstić information content (AvgIpc) is 2.57. The third kappa shape index (κ3) is 4.75. The van der Waals surface area contributed by atoms with Crippen LogP contribution in [0.2, 0.25) is 0 Å². The van der Waals surface area contributed by atoms with Crippen molar-refractivity contribution < 1.29 is 14.3 Å². The molecule has 5 heteroatoms. The Kier molecular flexibility index (Phi) is 6.13. The third-order valence-electron chi connectivity index (χ3n) is 5.10. The van der Waals surface area contributed by atoms with Crippen LogP contribution in [0.3, 0.4) is 0 Å². The minimum atomic E-state index is -0.243. The fourth-order valence-electron chi connectivity index (χ4n) is 3.01. The van der Waals surface area contributed by atoms with Gasteiger partial charge in [0.25, 0.3) is 0 Å². The van der Waals surface area contributed by atoms with Crippen LogP contribution in [0.5, 0.6) is 0 Å². The normalized spacial score (nSPS) is 17.9. The molecular formula is C18H27FN2O2. The van der Waals surface area contributed by atoms with E-state index in [4.69, 9.17) is 0 Å². The number of hydrogen-bond donors (Lipinski definition) is 2. The molecule has 2 N–H and O–H groups in total. The van der Waals surface area contributed by atoms with Crippen LogP contribution < -0.4 is 5.32 Å². The summed E-state index contributed by atoms with van der Waals surface area (Å²) < 4.78 is 13.5. The molecule has 1 heterocycles. The Labute approximate surface area is 137 Å². The van der Waals surface area contributed by atoms with E-state index < -0.39 is 0 Å². The number of halogens is 1. The van der Waals surface area contributed by atoms with Crippen molar-refractivity contribution in [2.24, 2.45) is 5.41 Å². The first-order chi connectivity index (χ1) is 11.0. The number of nitrogens with one attached hydrogen (secondary N) is 1. The van der Waals surface area contributed by atoms with Crippen LogP contribution in [0.25, 0.3) is 0 Å². The van der Waals surface area contributed by atoms with E-state index in [2.05, 4.69) is 17.1 Å². The standard InChI is InChI=1S/C18H27FN2O2/c1-3-18(13-22)6-8-21(9-7-18)12-17(23)20-11-15-5-4-14(2)16(19)10-15/h4-5,10,22H,3,6-9,11-13H2,1-2H3,(H,20,23). The van der Waals surface area contributed by atoms with Gasteiger partial charge in [0, 0.05) is 13.2 Å². The van der Waals surface area contributed by atoms with Gasteiger partial charge in [0.15, 0.2) is 0 Å². The van der Waals surface area contributed by atoms with Crippen LogP contribution in [0.4, 0.5) is 4.39 Å². The van der Waals surface area contributed by atoms with Crippen molar-refractivity contribution in [3.05, 3.63) is 35.1 Å². The topological polar surface area (TPSA) is 52.6 Å². The van der Waals surface area contributed by atoms with Crippen LogP contribution >= 0.6 is 0 Å². The van der Waals surface area contributed by atoms with Crippen LogP contribution in [-0.4, -0.2) is 42.2 Å². The summed E-state index contributed by atoms with van der Waals surface area (Å²) in [6.45, 7) is 6.43. The van der Waals surface area contributed by atoms with E-state index in [1.54, 1.807) is 13.0 Å². The molecule has 0 bridgehead atoms. The van der Waals surface area contributed by atoms with Gasteiger partial charge < -0.3 is 10.4 Å². The van der Waals surface area contributed by atoms with E-state index in [1.807, 2.05) is 6.07 Å². The molecule has 0 radical (unpaired) electrons. The molecular weight excluding hydrogens is 295 g/mol. The molecule has 0 atom stereocenters. The molecule has 1 fully saturated rings. The highest BCUT2D eigenvalue weighted by atomic mass is 19.1. The number of aryl methyl sites for hydroxylation is 1. The Morgan fingerprint density at radius 1 is 1.39 bits per heavy atom. The summed E-state index contributed by atoms with van der Waals surface area (Å²) in [6, 6.07) is 5.02. The lowest BCUT2D eigenvalue weighted by molar-refractivity contribution is -0.123. The van der Waals surface area contributed by atoms with Gasteiger partial charge in [-0.25, -0.2) is 4.39 Å². The zero-order valence-corrected chi connectivity index (χ0v) is 14.1. The molecule has 128 valence electrons. The van der Waals surface area contributed by atoms with Crippen molar-refractivity contribution in [3.8, 4) is 0 Å². The van der Waals surface area contributed by atoms with Crippen molar-refractivity contribution in [3.63, 3.8) is 0 Å². The second kappa shape index (κ2) is 7.88. The van der Waals surface area contributed by atoms with Crippen molar-refractivity contribution in [2.75, 3.05) is 26.2 Å². The largest absolute Gasteiger partial charge is 0.396 e. The van der Waals surface area contributed by atoms with Gasteiger partial charge in [-0.05, 0) is 61.9 Å². The monoisotopic (exact) mass is 322 g/mol. The molecule has 0 spiro atoms. The zero-order valence-electron chi connectivity index (χ0n) is 14.1. The second-order valence-electron chi connectivity index (χ2n) is 6.65. The zero-order chi connectivity index (χ0) is 16.9. The lowest BCUT2D eigenvalue weighted by Gasteiger charge is -2.39. The Hall–Kier alpha value is -1.46. The van der Waals surface area contributed by atoms with Crippen molar-refractivity contribution in [1.82, 2.24) is 10.2 Å². The molecule has 4 nitrogen and oxygen atoms in total. The van der Waals surface area contributed by atoms with Crippen molar-refractivity contribution in [1.29, 1.82) is 0 Å². The van der Waals surface area contributed by atoms with Crippen molar-refractivity contribution >= 4 is 5.91 Å². The number of aliphatic hydroxyl groups excluding tert-OH is 1. The summed E-state index contributed by atoms with van der Waals surface area (Å²) in [5.74, 6) is -0.285. The number of aliphatic hydroxyl groups is 1. The van der Waals surface area contributed by atoms with E-state index in [-0.39, 0.29) is 23.7 Å². The SMILES string of the molecule is CCC1(CO)CCN(CC(=O)NCc2ccc(C)c(F)c2)CC1. The summed E-state index contributed by atoms with van der Waals surface area (Å²) >= 11 is 0. The minimum Gasteiger partial charge on any atom is -0.396 e. The highest BCUT2D eigenvalue weighted by molar-refractivity contribution is 5.78.